The number of carbonyl (C=O) groups excluding carboxylic acids is 6. The van der Waals surface area contributed by atoms with Crippen LogP contribution in [0.3, 0.4) is 0 Å². The van der Waals surface area contributed by atoms with Crippen molar-refractivity contribution in [3.8, 4) is 6.07 Å². The number of fused-ring (bicyclic) bond motifs is 21. The Labute approximate surface area is 709 Å². The maximum Gasteiger partial charge on any atom is 0.320 e. The number of nitrogens with zero attached hydrogens (tertiary/aromatic N) is 5. The van der Waals surface area contributed by atoms with Crippen LogP contribution >= 0.6 is 11.6 Å². The van der Waals surface area contributed by atoms with Gasteiger partial charge >= 0.3 is 11.9 Å². The molecule has 0 N–H and O–H groups in total. The average molecular weight is 1630 g/mol. The van der Waals surface area contributed by atoms with E-state index in [0.717, 1.165) is 159 Å². The third-order valence-electron chi connectivity index (χ3n) is 40.7. The van der Waals surface area contributed by atoms with Gasteiger partial charge in [-0.25, -0.2) is 14.7 Å². The second kappa shape index (κ2) is 29.0. The summed E-state index contributed by atoms with van der Waals surface area (Å²) >= 11 is 6.42. The van der Waals surface area contributed by atoms with Crippen molar-refractivity contribution in [1.82, 2.24) is 9.55 Å². The zero-order valence-corrected chi connectivity index (χ0v) is 77.5. The molecule has 0 radical (unpaired) electrons. The highest BCUT2D eigenvalue weighted by molar-refractivity contribution is 6.76. The predicted octanol–water partition coefficient (Wildman–Crippen LogP) is 24.4. The van der Waals surface area contributed by atoms with Gasteiger partial charge in [0.05, 0.1) is 35.9 Å². The zero-order chi connectivity index (χ0) is 85.7. The minimum Gasteiger partial charge on any atom is -0.392 e. The van der Waals surface area contributed by atoms with Crippen LogP contribution < -0.4 is 0 Å². The smallest absolute Gasteiger partial charge is 0.320 e. The largest absolute Gasteiger partial charge is 0.392 e. The van der Waals surface area contributed by atoms with Crippen molar-refractivity contribution in [3.05, 3.63) is 113 Å². The summed E-state index contributed by atoms with van der Waals surface area (Å²) in [6, 6.07) is 3.54. The lowest BCUT2D eigenvalue weighted by atomic mass is 9.32. The molecule has 15 aliphatic carbocycles. The van der Waals surface area contributed by atoms with Crippen LogP contribution in [0.4, 0.5) is 0 Å². The van der Waals surface area contributed by atoms with E-state index in [2.05, 4.69) is 203 Å². The molecule has 0 unspecified atom stereocenters. The molecule has 1 heterocycles. The van der Waals surface area contributed by atoms with Gasteiger partial charge in [0.1, 0.15) is 12.8 Å². The SMILES string of the molecule is C[Si](C)(C)CCOCn1ccnc1.[C-]#[N+]C1=C[C@]2(C)[C@H]3CC[C@@H]4[C@H]5[C@H](C(=C)C)CC[C@]5(C(=O)Cl)CC[C@@]4(C)[C@]3(C)CC[C@H]2C(C)(C)C1=O.[C-]#[N+]C1=C[C@]2(C)[C@H]3CC[C@@H]4[C@H]5[C@H](C(=C)C)CC[C@]5(C(=O)OC(=O)[C@]56CC[C@@H](C(=C)C)[C@@H]5[C@H]5CC[C@@H]7[C@@]8(C)C=C(C#N)C(=O)C(C)(C)[C@@H]8CC[C@@]7(C)[C@]5(C)CC6)CC[C@@]4(C)[C@]3(C)CC[C@H]2C(C)(C)C1=O. The van der Waals surface area contributed by atoms with E-state index in [1.165, 1.54) is 11.6 Å². The molecule has 15 heteroatoms. The number of hydrogen-bond acceptors (Lipinski definition) is 10. The molecule has 0 spiro atoms. The van der Waals surface area contributed by atoms with E-state index in [1.807, 2.05) is 10.8 Å². The molecular formula is C102H144ClN5O8Si. The summed E-state index contributed by atoms with van der Waals surface area (Å²) in [6.45, 7) is 78.9. The van der Waals surface area contributed by atoms with Gasteiger partial charge in [-0.05, 0) is 330 Å². The van der Waals surface area contributed by atoms with Crippen molar-refractivity contribution in [2.75, 3.05) is 6.61 Å². The number of ether oxygens (including phenoxy) is 2. The van der Waals surface area contributed by atoms with Crippen LogP contribution in [0.5, 0.6) is 0 Å². The van der Waals surface area contributed by atoms with Gasteiger partial charge in [0, 0.05) is 48.7 Å². The Morgan fingerprint density at radius 1 is 0.496 bits per heavy atom. The van der Waals surface area contributed by atoms with E-state index in [0.29, 0.717) is 66.1 Å². The van der Waals surface area contributed by atoms with Crippen molar-refractivity contribution in [1.29, 1.82) is 5.26 Å². The first-order valence-electron chi connectivity index (χ1n) is 45.8. The fourth-order valence-corrected chi connectivity index (χ4v) is 35.5. The molecule has 0 bridgehead atoms. The summed E-state index contributed by atoms with van der Waals surface area (Å²) in [5.74, 6) is 3.07. The normalized spacial score (nSPS) is 46.3. The highest BCUT2D eigenvalue weighted by atomic mass is 35.5. The fraction of sp³-hybridized carbons (Fsp3) is 0.765. The van der Waals surface area contributed by atoms with Gasteiger partial charge in [-0.3, -0.25) is 19.2 Å². The van der Waals surface area contributed by atoms with Gasteiger partial charge in [-0.15, -0.1) is 0 Å². The van der Waals surface area contributed by atoms with Crippen LogP contribution in [0.15, 0.2) is 90.4 Å². The van der Waals surface area contributed by atoms with Gasteiger partial charge in [-0.1, -0.05) is 178 Å². The Bertz CT molecular complexity index is 4380. The molecule has 12 fully saturated rings. The molecule has 0 saturated heterocycles. The third-order valence-corrected chi connectivity index (χ3v) is 42.8. The Balaban J connectivity index is 0.000000193. The van der Waals surface area contributed by atoms with E-state index < -0.39 is 40.6 Å². The van der Waals surface area contributed by atoms with Crippen LogP contribution in [0.1, 0.15) is 279 Å². The molecule has 117 heavy (non-hydrogen) atoms. The first-order chi connectivity index (χ1) is 54.4. The Morgan fingerprint density at radius 2 is 0.846 bits per heavy atom. The third kappa shape index (κ3) is 12.3. The van der Waals surface area contributed by atoms with Crippen LogP contribution in [-0.4, -0.2) is 58.8 Å². The second-order valence-electron chi connectivity index (χ2n) is 47.1. The number of hydrogen-bond donors (Lipinski definition) is 0. The quantitative estimate of drug-likeness (QED) is 0.0395. The van der Waals surface area contributed by atoms with Crippen molar-refractivity contribution in [2.45, 2.75) is 311 Å². The highest BCUT2D eigenvalue weighted by Crippen LogP contribution is 2.82. The van der Waals surface area contributed by atoms with Crippen LogP contribution in [0.25, 0.3) is 9.69 Å². The number of allylic oxidation sites excluding steroid dienone is 9. The molecule has 1 aromatic heterocycles. The molecule has 0 aromatic carbocycles. The molecular weight excluding hydrogens is 1490 g/mol. The van der Waals surface area contributed by atoms with E-state index in [1.54, 1.807) is 12.5 Å². The summed E-state index contributed by atoms with van der Waals surface area (Å²) in [5, 5.41) is 10.1. The number of ketones is 3. The second-order valence-corrected chi connectivity index (χ2v) is 53.1. The molecule has 16 rings (SSSR count). The predicted molar refractivity (Wildman–Crippen MR) is 466 cm³/mol. The van der Waals surface area contributed by atoms with E-state index in [-0.39, 0.29) is 142 Å². The van der Waals surface area contributed by atoms with Gasteiger partial charge in [-0.2, -0.15) is 5.26 Å². The maximum atomic E-state index is 15.6. The van der Waals surface area contributed by atoms with Gasteiger partial charge in [0.25, 0.3) is 0 Å². The summed E-state index contributed by atoms with van der Waals surface area (Å²) in [7, 11) is -0.929. The van der Waals surface area contributed by atoms with Crippen LogP contribution in [0, 0.1) is 194 Å². The number of nitriles is 1. The molecule has 0 aliphatic heterocycles. The topological polar surface area (TPSA) is 171 Å². The lowest BCUT2D eigenvalue weighted by molar-refractivity contribution is -0.229. The first kappa shape index (κ1) is 87.7. The summed E-state index contributed by atoms with van der Waals surface area (Å²) in [6.07, 6.45) is 34.0. The Kier molecular flexibility index (Phi) is 21.8. The van der Waals surface area contributed by atoms with Crippen LogP contribution in [0.2, 0.25) is 25.7 Å². The number of rotatable bonds is 11. The summed E-state index contributed by atoms with van der Waals surface area (Å²) < 4.78 is 14.1. The van der Waals surface area contributed by atoms with Crippen LogP contribution in [-0.2, 0) is 45.0 Å². The highest BCUT2D eigenvalue weighted by Gasteiger charge is 2.77. The molecule has 15 aliphatic rings. The van der Waals surface area contributed by atoms with E-state index >= 15 is 9.59 Å². The number of aromatic nitrogens is 2. The van der Waals surface area contributed by atoms with E-state index in [9.17, 15) is 24.4 Å². The monoisotopic (exact) mass is 1630 g/mol. The lowest BCUT2D eigenvalue weighted by Gasteiger charge is -2.71. The van der Waals surface area contributed by atoms with Gasteiger partial charge in [0.2, 0.25) is 16.6 Å². The standard InChI is InChI=1S/C62H84N2O5.C31H42ClNO2.C9H18N2OSi/c1-35(2)38-20-26-61(30-28-57(11)40(47(38)61)16-18-45-55(9)32-37(34-63)49(65)53(5,6)43(55)22-24-59(45,57)13)51(67)69-52(68)62-27-21-39(36(3)4)48(62)41-17-19-46-56(10)33-42(64-15)50(66)54(7,8)44(56)23-25-60(46,14)58(41,12)29-31-62;1-18(2)19-11-14-31(26(32)35)16-15-29(6)20(24(19)31)9-10-23-28(5)17-21(33-8)25(34)27(3,4)22(28)12-13-30(23,29)7;1-13(2,3)7-6-12-9-11-5-4-10-8-11/h32-33,38-41,43-48H,1,3,16-31H2,2,4-14H3;17,19-20,22-24H,1,9-16H2,2-7H3;4-5,8H,6-7,9H2,1-3H3/t38-,39-,40+,41+,43-,44-,45+,46+,47+,48+,55-,56-,57+,58+,59+,60+,61-,62-;19-,20+,22-,23+,24+,28-,29+,30+,31-;/m00./s1. The zero-order valence-electron chi connectivity index (χ0n) is 75.7. The average Bonchev–Trinajstić information content (AvgIpc) is 1.35. The number of esters is 2. The number of Topliss-reactive ketones (excluding diaryl/α,β-unsaturated/α-hetero) is 3. The van der Waals surface area contributed by atoms with Gasteiger partial charge in [0.15, 0.2) is 17.3 Å². The molecule has 0 amide bonds. The summed E-state index contributed by atoms with van der Waals surface area (Å²) in [4.78, 5) is 96.3. The fourth-order valence-electron chi connectivity index (χ4n) is 34.4. The molecule has 636 valence electrons. The van der Waals surface area contributed by atoms with Crippen molar-refractivity contribution >= 4 is 54.2 Å². The number of halogens is 1. The minimum atomic E-state index is -0.929. The van der Waals surface area contributed by atoms with Crippen molar-refractivity contribution in [2.24, 2.45) is 170 Å². The molecule has 27 atom stereocenters. The summed E-state index contributed by atoms with van der Waals surface area (Å²) in [5.41, 5.74) is -0.0377. The molecule has 12 saturated carbocycles. The van der Waals surface area contributed by atoms with Gasteiger partial charge < -0.3 is 23.6 Å². The maximum absolute atomic E-state index is 15.6. The lowest BCUT2D eigenvalue weighted by Crippen LogP contribution is -2.67. The Morgan fingerprint density at radius 3 is 1.18 bits per heavy atom. The first-order valence-corrected chi connectivity index (χ1v) is 49.9. The Hall–Kier alpha value is -5.59. The van der Waals surface area contributed by atoms with Crippen molar-refractivity contribution < 1.29 is 38.2 Å². The minimum absolute atomic E-state index is 0.00910. The number of imidazole rings is 1. The molecule has 1 aromatic rings. The molecule has 13 nitrogen and oxygen atoms in total. The van der Waals surface area contributed by atoms with E-state index in [4.69, 9.17) is 34.2 Å². The van der Waals surface area contributed by atoms with Crippen molar-refractivity contribution in [3.63, 3.8) is 0 Å². The number of carbonyl (C=O) groups is 6.